The minimum Gasteiger partial charge on any atom is -0.507 e. The largest absolute Gasteiger partial charge is 0.507 e. The van der Waals surface area contributed by atoms with Crippen LogP contribution in [0.3, 0.4) is 0 Å². The zero-order valence-corrected chi connectivity index (χ0v) is 15.2. The summed E-state index contributed by atoms with van der Waals surface area (Å²) >= 11 is 0. The Morgan fingerprint density at radius 3 is 2.38 bits per heavy atom. The van der Waals surface area contributed by atoms with Gasteiger partial charge in [0.1, 0.15) is 11.3 Å². The predicted molar refractivity (Wildman–Crippen MR) is 99.0 cm³/mol. The number of hydrogen-bond acceptors (Lipinski definition) is 5. The van der Waals surface area contributed by atoms with E-state index in [0.717, 1.165) is 10.9 Å². The van der Waals surface area contributed by atoms with Crippen molar-refractivity contribution in [2.24, 2.45) is 0 Å². The fourth-order valence-electron chi connectivity index (χ4n) is 2.94. The van der Waals surface area contributed by atoms with E-state index in [0.29, 0.717) is 10.9 Å². The topological polar surface area (TPSA) is 80.7 Å². The zero-order chi connectivity index (χ0) is 18.9. The maximum Gasteiger partial charge on any atom is 0.341 e. The first kappa shape index (κ1) is 17.9. The van der Waals surface area contributed by atoms with Gasteiger partial charge in [-0.25, -0.2) is 13.2 Å². The lowest BCUT2D eigenvalue weighted by atomic mass is 10.1. The van der Waals surface area contributed by atoms with Gasteiger partial charge < -0.3 is 9.84 Å². The summed E-state index contributed by atoms with van der Waals surface area (Å²) < 4.78 is 30.4. The first-order valence-corrected chi connectivity index (χ1v) is 9.60. The molecule has 3 rings (SSSR count). The maximum absolute atomic E-state index is 12.9. The van der Waals surface area contributed by atoms with Crippen molar-refractivity contribution in [3.63, 3.8) is 0 Å². The van der Waals surface area contributed by atoms with Crippen LogP contribution in [0.1, 0.15) is 21.5 Å². The number of carbonyl (C=O) groups excluding carboxylic acids is 1. The Morgan fingerprint density at radius 1 is 1.04 bits per heavy atom. The number of rotatable bonds is 4. The van der Waals surface area contributed by atoms with Gasteiger partial charge in [0.25, 0.3) is 0 Å². The summed E-state index contributed by atoms with van der Waals surface area (Å²) in [6.07, 6.45) is 0. The van der Waals surface area contributed by atoms with Gasteiger partial charge in [-0.15, -0.1) is 0 Å². The van der Waals surface area contributed by atoms with E-state index in [-0.39, 0.29) is 22.0 Å². The SMILES string of the molecule is COC(=O)c1ccc(CS(=O)(=O)c2ccc(C)c3ccccc23)cc1O. The quantitative estimate of drug-likeness (QED) is 0.710. The third kappa shape index (κ3) is 3.28. The fourth-order valence-corrected chi connectivity index (χ4v) is 4.50. The van der Waals surface area contributed by atoms with Gasteiger partial charge in [0.05, 0.1) is 17.8 Å². The Bertz CT molecular complexity index is 1100. The van der Waals surface area contributed by atoms with E-state index in [9.17, 15) is 18.3 Å². The molecule has 1 N–H and O–H groups in total. The Balaban J connectivity index is 2.02. The maximum atomic E-state index is 12.9. The number of aromatic hydroxyl groups is 1. The van der Waals surface area contributed by atoms with Crippen molar-refractivity contribution in [1.82, 2.24) is 0 Å². The summed E-state index contributed by atoms with van der Waals surface area (Å²) in [5.41, 5.74) is 1.38. The van der Waals surface area contributed by atoms with E-state index in [1.165, 1.54) is 25.3 Å². The number of fused-ring (bicyclic) bond motifs is 1. The van der Waals surface area contributed by atoms with Crippen LogP contribution < -0.4 is 0 Å². The molecule has 0 bridgehead atoms. The number of benzene rings is 3. The van der Waals surface area contributed by atoms with Gasteiger partial charge in [-0.2, -0.15) is 0 Å². The molecule has 5 nitrogen and oxygen atoms in total. The lowest BCUT2D eigenvalue weighted by Crippen LogP contribution is -2.07. The molecule has 0 saturated heterocycles. The van der Waals surface area contributed by atoms with Gasteiger partial charge in [0.15, 0.2) is 9.84 Å². The molecule has 0 unspecified atom stereocenters. The fraction of sp³-hybridized carbons (Fsp3) is 0.150. The van der Waals surface area contributed by atoms with Crippen LogP contribution in [0.5, 0.6) is 5.75 Å². The lowest BCUT2D eigenvalue weighted by Gasteiger charge is -2.11. The van der Waals surface area contributed by atoms with E-state index in [1.807, 2.05) is 19.1 Å². The lowest BCUT2D eigenvalue weighted by molar-refractivity contribution is 0.0597. The number of sulfone groups is 1. The van der Waals surface area contributed by atoms with E-state index in [4.69, 9.17) is 0 Å². The van der Waals surface area contributed by atoms with Crippen LogP contribution in [0.15, 0.2) is 59.5 Å². The molecule has 0 amide bonds. The van der Waals surface area contributed by atoms with Gasteiger partial charge in [0.2, 0.25) is 0 Å². The molecule has 0 aliphatic carbocycles. The summed E-state index contributed by atoms with van der Waals surface area (Å²) in [6, 6.07) is 14.9. The summed E-state index contributed by atoms with van der Waals surface area (Å²) in [7, 11) is -2.43. The molecular weight excluding hydrogens is 352 g/mol. The minimum absolute atomic E-state index is 0.00515. The highest BCUT2D eigenvalue weighted by Crippen LogP contribution is 2.29. The third-order valence-corrected chi connectivity index (χ3v) is 6.00. The molecule has 0 fully saturated rings. The highest BCUT2D eigenvalue weighted by molar-refractivity contribution is 7.90. The summed E-state index contributed by atoms with van der Waals surface area (Å²) in [5.74, 6) is -1.27. The molecular formula is C20H18O5S. The Kier molecular flexibility index (Phi) is 4.70. The second-order valence-electron chi connectivity index (χ2n) is 6.03. The van der Waals surface area contributed by atoms with Crippen LogP contribution in [0.4, 0.5) is 0 Å². The van der Waals surface area contributed by atoms with Gasteiger partial charge in [0, 0.05) is 5.39 Å². The number of aryl methyl sites for hydroxylation is 1. The molecule has 0 saturated carbocycles. The van der Waals surface area contributed by atoms with Gasteiger partial charge >= 0.3 is 5.97 Å². The second-order valence-corrected chi connectivity index (χ2v) is 7.99. The first-order valence-electron chi connectivity index (χ1n) is 7.95. The average molecular weight is 370 g/mol. The monoisotopic (exact) mass is 370 g/mol. The Morgan fingerprint density at radius 2 is 1.73 bits per heavy atom. The summed E-state index contributed by atoms with van der Waals surface area (Å²) in [4.78, 5) is 11.8. The number of hydrogen-bond donors (Lipinski definition) is 1. The van der Waals surface area contributed by atoms with Crippen molar-refractivity contribution >= 4 is 26.6 Å². The second kappa shape index (κ2) is 6.80. The van der Waals surface area contributed by atoms with Crippen LogP contribution in [-0.2, 0) is 20.3 Å². The Labute approximate surface area is 151 Å². The normalized spacial score (nSPS) is 11.5. The summed E-state index contributed by atoms with van der Waals surface area (Å²) in [6.45, 7) is 1.93. The third-order valence-electron chi connectivity index (χ3n) is 4.26. The van der Waals surface area contributed by atoms with Gasteiger partial charge in [-0.3, -0.25) is 0 Å². The van der Waals surface area contributed by atoms with Crippen molar-refractivity contribution in [1.29, 1.82) is 0 Å². The molecule has 0 aliphatic rings. The molecule has 0 heterocycles. The molecule has 0 aromatic heterocycles. The molecule has 0 spiro atoms. The molecule has 6 heteroatoms. The van der Waals surface area contributed by atoms with Crippen molar-refractivity contribution in [2.45, 2.75) is 17.6 Å². The van der Waals surface area contributed by atoms with Gasteiger partial charge in [-0.05, 0) is 41.6 Å². The highest BCUT2D eigenvalue weighted by atomic mass is 32.2. The number of phenols is 1. The number of ether oxygens (including phenoxy) is 1. The molecule has 134 valence electrons. The molecule has 0 atom stereocenters. The van der Waals surface area contributed by atoms with Crippen LogP contribution in [-0.4, -0.2) is 26.6 Å². The standard InChI is InChI=1S/C20H18O5S/c1-13-7-10-19(16-6-4-3-5-15(13)16)26(23,24)12-14-8-9-17(18(21)11-14)20(22)25-2/h3-11,21H,12H2,1-2H3. The van der Waals surface area contributed by atoms with Crippen molar-refractivity contribution in [3.8, 4) is 5.75 Å². The van der Waals surface area contributed by atoms with Crippen LogP contribution in [0.25, 0.3) is 10.8 Å². The first-order chi connectivity index (χ1) is 12.3. The van der Waals surface area contributed by atoms with E-state index < -0.39 is 15.8 Å². The van der Waals surface area contributed by atoms with E-state index >= 15 is 0 Å². The van der Waals surface area contributed by atoms with Crippen LogP contribution in [0.2, 0.25) is 0 Å². The Hall–Kier alpha value is -2.86. The summed E-state index contributed by atoms with van der Waals surface area (Å²) in [5, 5.41) is 11.5. The molecule has 0 aliphatic heterocycles. The predicted octanol–water partition coefficient (Wildman–Crippen LogP) is 3.61. The molecule has 26 heavy (non-hydrogen) atoms. The highest BCUT2D eigenvalue weighted by Gasteiger charge is 2.20. The molecule has 3 aromatic rings. The minimum atomic E-state index is -3.64. The molecule has 3 aromatic carbocycles. The van der Waals surface area contributed by atoms with Crippen LogP contribution in [0, 0.1) is 6.92 Å². The van der Waals surface area contributed by atoms with Gasteiger partial charge in [-0.1, -0.05) is 36.4 Å². The number of methoxy groups -OCH3 is 1. The van der Waals surface area contributed by atoms with E-state index in [1.54, 1.807) is 24.3 Å². The van der Waals surface area contributed by atoms with Crippen molar-refractivity contribution in [2.75, 3.05) is 7.11 Å². The number of carbonyl (C=O) groups is 1. The van der Waals surface area contributed by atoms with Crippen LogP contribution >= 0.6 is 0 Å². The van der Waals surface area contributed by atoms with Crippen molar-refractivity contribution in [3.05, 3.63) is 71.3 Å². The average Bonchev–Trinajstić information content (AvgIpc) is 2.61. The molecule has 0 radical (unpaired) electrons. The van der Waals surface area contributed by atoms with Crippen molar-refractivity contribution < 1.29 is 23.1 Å². The smallest absolute Gasteiger partial charge is 0.341 e. The zero-order valence-electron chi connectivity index (χ0n) is 14.4. The van der Waals surface area contributed by atoms with E-state index in [2.05, 4.69) is 4.74 Å². The number of phenolic OH excluding ortho intramolecular Hbond substituents is 1. The number of esters is 1.